The smallest absolute Gasteiger partial charge is 0.0266 e. The Hall–Kier alpha value is -1.34. The van der Waals surface area contributed by atoms with Gasteiger partial charge in [-0.25, -0.2) is 0 Å². The number of benzene rings is 2. The molecule has 2 N–H and O–H groups in total. The first-order valence-electron chi connectivity index (χ1n) is 4.93. The summed E-state index contributed by atoms with van der Waals surface area (Å²) in [5, 5.41) is 2.59. The molecule has 0 aliphatic heterocycles. The molecule has 72 valence electrons. The van der Waals surface area contributed by atoms with Crippen LogP contribution in [0.25, 0.3) is 10.8 Å². The molecule has 0 radical (unpaired) electrons. The predicted octanol–water partition coefficient (Wildman–Crippen LogP) is 3.17. The zero-order valence-electron chi connectivity index (χ0n) is 8.62. The SMILES string of the molecule is Cc1cccc2ccc([C@@H](C)N)cc12. The Kier molecular flexibility index (Phi) is 2.26. The van der Waals surface area contributed by atoms with Crippen LogP contribution >= 0.6 is 0 Å². The van der Waals surface area contributed by atoms with E-state index in [1.807, 2.05) is 6.92 Å². The molecule has 2 aromatic rings. The van der Waals surface area contributed by atoms with Crippen LogP contribution in [0, 0.1) is 6.92 Å². The molecule has 14 heavy (non-hydrogen) atoms. The highest BCUT2D eigenvalue weighted by Gasteiger charge is 2.01. The van der Waals surface area contributed by atoms with Crippen LogP contribution in [0.4, 0.5) is 0 Å². The largest absolute Gasteiger partial charge is 0.324 e. The number of hydrogen-bond donors (Lipinski definition) is 1. The molecule has 2 rings (SSSR count). The van der Waals surface area contributed by atoms with Crippen LogP contribution in [0.2, 0.25) is 0 Å². The molecule has 1 atom stereocenters. The molecule has 0 saturated carbocycles. The molecule has 0 heterocycles. The molecule has 2 aromatic carbocycles. The maximum Gasteiger partial charge on any atom is 0.0266 e. The van der Waals surface area contributed by atoms with Gasteiger partial charge in [-0.3, -0.25) is 0 Å². The van der Waals surface area contributed by atoms with Crippen LogP contribution in [0.1, 0.15) is 24.1 Å². The van der Waals surface area contributed by atoms with Gasteiger partial charge in [0.25, 0.3) is 0 Å². The summed E-state index contributed by atoms with van der Waals surface area (Å²) in [6.07, 6.45) is 0. The first kappa shape index (κ1) is 9.22. The second-order valence-corrected chi connectivity index (χ2v) is 3.84. The first-order chi connectivity index (χ1) is 6.68. The highest BCUT2D eigenvalue weighted by Crippen LogP contribution is 2.21. The Labute approximate surface area is 84.5 Å². The standard InChI is InChI=1S/C13H15N/c1-9-4-3-5-11-6-7-12(10(2)14)8-13(9)11/h3-8,10H,14H2,1-2H3/t10-/m1/s1. The fraction of sp³-hybridized carbons (Fsp3) is 0.231. The highest BCUT2D eigenvalue weighted by molar-refractivity contribution is 5.86. The lowest BCUT2D eigenvalue weighted by atomic mass is 10.0. The zero-order valence-corrected chi connectivity index (χ0v) is 8.62. The Bertz CT molecular complexity index is 458. The van der Waals surface area contributed by atoms with Crippen molar-refractivity contribution in [3.05, 3.63) is 47.5 Å². The summed E-state index contributed by atoms with van der Waals surface area (Å²) in [5.41, 5.74) is 8.37. The van der Waals surface area contributed by atoms with Crippen molar-refractivity contribution in [1.82, 2.24) is 0 Å². The van der Waals surface area contributed by atoms with E-state index in [0.29, 0.717) is 0 Å². The van der Waals surface area contributed by atoms with E-state index in [1.165, 1.54) is 21.9 Å². The van der Waals surface area contributed by atoms with E-state index in [2.05, 4.69) is 43.3 Å². The summed E-state index contributed by atoms with van der Waals surface area (Å²) < 4.78 is 0. The van der Waals surface area contributed by atoms with Gasteiger partial charge >= 0.3 is 0 Å². The molecule has 1 nitrogen and oxygen atoms in total. The van der Waals surface area contributed by atoms with Crippen LogP contribution in [-0.4, -0.2) is 0 Å². The van der Waals surface area contributed by atoms with Gasteiger partial charge in [-0.2, -0.15) is 0 Å². The molecule has 0 aromatic heterocycles. The first-order valence-corrected chi connectivity index (χ1v) is 4.93. The van der Waals surface area contributed by atoms with E-state index in [1.54, 1.807) is 0 Å². The lowest BCUT2D eigenvalue weighted by molar-refractivity contribution is 0.820. The molecule has 0 aliphatic carbocycles. The number of rotatable bonds is 1. The van der Waals surface area contributed by atoms with E-state index < -0.39 is 0 Å². The van der Waals surface area contributed by atoms with Gasteiger partial charge in [0.15, 0.2) is 0 Å². The van der Waals surface area contributed by atoms with Crippen LogP contribution in [-0.2, 0) is 0 Å². The third-order valence-electron chi connectivity index (χ3n) is 2.65. The normalized spacial score (nSPS) is 13.1. The molecular weight excluding hydrogens is 170 g/mol. The van der Waals surface area contributed by atoms with Gasteiger partial charge in [-0.15, -0.1) is 0 Å². The van der Waals surface area contributed by atoms with E-state index in [0.717, 1.165) is 0 Å². The third kappa shape index (κ3) is 1.51. The monoisotopic (exact) mass is 185 g/mol. The van der Waals surface area contributed by atoms with E-state index in [9.17, 15) is 0 Å². The summed E-state index contributed by atoms with van der Waals surface area (Å²) >= 11 is 0. The third-order valence-corrected chi connectivity index (χ3v) is 2.65. The van der Waals surface area contributed by atoms with Gasteiger partial charge in [-0.05, 0) is 41.8 Å². The predicted molar refractivity (Wildman–Crippen MR) is 61.3 cm³/mol. The maximum atomic E-state index is 5.85. The zero-order chi connectivity index (χ0) is 10.1. The van der Waals surface area contributed by atoms with Crippen LogP contribution in [0.15, 0.2) is 36.4 Å². The average Bonchev–Trinajstić information content (AvgIpc) is 2.18. The molecule has 1 heteroatoms. The van der Waals surface area contributed by atoms with Crippen LogP contribution in [0.5, 0.6) is 0 Å². The van der Waals surface area contributed by atoms with Gasteiger partial charge in [0.2, 0.25) is 0 Å². The molecule has 0 aliphatic rings. The van der Waals surface area contributed by atoms with Crippen LogP contribution in [0.3, 0.4) is 0 Å². The molecule has 0 bridgehead atoms. The summed E-state index contributed by atoms with van der Waals surface area (Å²) in [5.74, 6) is 0. The maximum absolute atomic E-state index is 5.85. The molecule has 0 unspecified atom stereocenters. The summed E-state index contributed by atoms with van der Waals surface area (Å²) in [6, 6.07) is 12.9. The highest BCUT2D eigenvalue weighted by atomic mass is 14.6. The lowest BCUT2D eigenvalue weighted by Gasteiger charge is -2.08. The van der Waals surface area contributed by atoms with Gasteiger partial charge in [-0.1, -0.05) is 30.3 Å². The molecule has 0 spiro atoms. The van der Waals surface area contributed by atoms with Crippen molar-refractivity contribution in [3.8, 4) is 0 Å². The summed E-state index contributed by atoms with van der Waals surface area (Å²) in [6.45, 7) is 4.15. The number of hydrogen-bond acceptors (Lipinski definition) is 1. The van der Waals surface area contributed by atoms with Gasteiger partial charge < -0.3 is 5.73 Å². The van der Waals surface area contributed by atoms with Crippen molar-refractivity contribution in [2.45, 2.75) is 19.9 Å². The molecule has 0 fully saturated rings. The minimum atomic E-state index is 0.110. The van der Waals surface area contributed by atoms with E-state index in [-0.39, 0.29) is 6.04 Å². The Balaban J connectivity index is 2.70. The molecule has 0 saturated heterocycles. The van der Waals surface area contributed by atoms with Crippen molar-refractivity contribution >= 4 is 10.8 Å². The lowest BCUT2D eigenvalue weighted by Crippen LogP contribution is -2.04. The molecule has 0 amide bonds. The van der Waals surface area contributed by atoms with Gasteiger partial charge in [0, 0.05) is 6.04 Å². The second-order valence-electron chi connectivity index (χ2n) is 3.84. The van der Waals surface area contributed by atoms with Crippen molar-refractivity contribution in [1.29, 1.82) is 0 Å². The quantitative estimate of drug-likeness (QED) is 0.725. The van der Waals surface area contributed by atoms with Crippen molar-refractivity contribution in [2.75, 3.05) is 0 Å². The Morgan fingerprint density at radius 2 is 1.93 bits per heavy atom. The minimum absolute atomic E-state index is 0.110. The topological polar surface area (TPSA) is 26.0 Å². The van der Waals surface area contributed by atoms with Gasteiger partial charge in [0.1, 0.15) is 0 Å². The fourth-order valence-electron chi connectivity index (χ4n) is 1.73. The average molecular weight is 185 g/mol. The van der Waals surface area contributed by atoms with Crippen LogP contribution < -0.4 is 5.73 Å². The summed E-state index contributed by atoms with van der Waals surface area (Å²) in [7, 11) is 0. The van der Waals surface area contributed by atoms with Crippen molar-refractivity contribution in [2.24, 2.45) is 5.73 Å². The fourth-order valence-corrected chi connectivity index (χ4v) is 1.73. The number of fused-ring (bicyclic) bond motifs is 1. The van der Waals surface area contributed by atoms with E-state index in [4.69, 9.17) is 5.73 Å². The Morgan fingerprint density at radius 3 is 2.64 bits per heavy atom. The van der Waals surface area contributed by atoms with Crippen molar-refractivity contribution < 1.29 is 0 Å². The summed E-state index contributed by atoms with van der Waals surface area (Å²) in [4.78, 5) is 0. The van der Waals surface area contributed by atoms with Crippen molar-refractivity contribution in [3.63, 3.8) is 0 Å². The number of nitrogens with two attached hydrogens (primary N) is 1. The van der Waals surface area contributed by atoms with E-state index >= 15 is 0 Å². The number of aryl methyl sites for hydroxylation is 1. The molecular formula is C13H15N. The van der Waals surface area contributed by atoms with Gasteiger partial charge in [0.05, 0.1) is 0 Å². The Morgan fingerprint density at radius 1 is 1.14 bits per heavy atom. The second kappa shape index (κ2) is 3.43. The minimum Gasteiger partial charge on any atom is -0.324 e.